The number of benzene rings is 2. The number of rotatable bonds is 6. The number of ether oxygens (including phenoxy) is 2. The summed E-state index contributed by atoms with van der Waals surface area (Å²) >= 11 is 0. The van der Waals surface area contributed by atoms with Crippen LogP contribution in [-0.2, 0) is 22.7 Å². The summed E-state index contributed by atoms with van der Waals surface area (Å²) in [4.78, 5) is 29.8. The number of likely N-dealkylation sites (tertiary alicyclic amines) is 2. The molecule has 4 rings (SSSR count). The molecule has 2 heterocycles. The minimum Gasteiger partial charge on any atom is -0.497 e. The topological polar surface area (TPSA) is 79.3 Å². The van der Waals surface area contributed by atoms with Crippen molar-refractivity contribution >= 4 is 12.0 Å². The van der Waals surface area contributed by atoms with Crippen LogP contribution in [0.4, 0.5) is 4.79 Å². The molecule has 0 radical (unpaired) electrons. The van der Waals surface area contributed by atoms with Crippen molar-refractivity contribution in [1.82, 2.24) is 9.80 Å². The number of nitrogens with zero attached hydrogens (tertiary/aromatic N) is 2. The molecular weight excluding hydrogens is 408 g/mol. The summed E-state index contributed by atoms with van der Waals surface area (Å²) in [5.74, 6) is -0.0253. The molecule has 0 bridgehead atoms. The highest BCUT2D eigenvalue weighted by Gasteiger charge is 2.54. The Balaban J connectivity index is 1.52. The minimum absolute atomic E-state index is 0.117. The fourth-order valence-electron chi connectivity index (χ4n) is 4.90. The van der Waals surface area contributed by atoms with Crippen molar-refractivity contribution < 1.29 is 24.2 Å². The maximum absolute atomic E-state index is 13.4. The summed E-state index contributed by atoms with van der Waals surface area (Å²) in [6.07, 6.45) is 0.269. The molecule has 4 atom stereocenters. The van der Waals surface area contributed by atoms with Crippen LogP contribution in [0, 0.1) is 5.92 Å². The third-order valence-corrected chi connectivity index (χ3v) is 6.46. The van der Waals surface area contributed by atoms with E-state index in [1.807, 2.05) is 59.5 Å². The highest BCUT2D eigenvalue weighted by Crippen LogP contribution is 2.38. The quantitative estimate of drug-likeness (QED) is 0.749. The SMILES string of the molecule is COc1ccc(CN2C(=O)[C@H]([C@@H](C)O)[C@H]3[C@@H]2CCCN3C(=O)OCc2ccccc2)cc1. The van der Waals surface area contributed by atoms with E-state index in [1.165, 1.54) is 0 Å². The predicted octanol–water partition coefficient (Wildman–Crippen LogP) is 3.20. The normalized spacial score (nSPS) is 23.6. The molecule has 32 heavy (non-hydrogen) atoms. The van der Waals surface area contributed by atoms with Crippen LogP contribution in [0.15, 0.2) is 54.6 Å². The third kappa shape index (κ3) is 4.43. The summed E-state index contributed by atoms with van der Waals surface area (Å²) in [6, 6.07) is 16.6. The first-order valence-electron chi connectivity index (χ1n) is 11.1. The zero-order valence-corrected chi connectivity index (χ0v) is 18.5. The Morgan fingerprint density at radius 3 is 2.50 bits per heavy atom. The molecule has 0 unspecified atom stereocenters. The van der Waals surface area contributed by atoms with Crippen LogP contribution >= 0.6 is 0 Å². The van der Waals surface area contributed by atoms with Crippen molar-refractivity contribution in [3.8, 4) is 5.75 Å². The Kier molecular flexibility index (Phi) is 6.65. The summed E-state index contributed by atoms with van der Waals surface area (Å²) in [7, 11) is 1.62. The molecule has 7 nitrogen and oxygen atoms in total. The van der Waals surface area contributed by atoms with Gasteiger partial charge in [0.1, 0.15) is 12.4 Å². The first-order chi connectivity index (χ1) is 15.5. The van der Waals surface area contributed by atoms with E-state index in [2.05, 4.69) is 0 Å². The second kappa shape index (κ2) is 9.61. The van der Waals surface area contributed by atoms with E-state index >= 15 is 0 Å². The molecule has 2 amide bonds. The number of amides is 2. The lowest BCUT2D eigenvalue weighted by Gasteiger charge is -2.40. The smallest absolute Gasteiger partial charge is 0.410 e. The van der Waals surface area contributed by atoms with Crippen LogP contribution in [0.25, 0.3) is 0 Å². The number of carbonyl (C=O) groups is 2. The number of methoxy groups -OCH3 is 1. The molecule has 0 saturated carbocycles. The average Bonchev–Trinajstić information content (AvgIpc) is 3.10. The van der Waals surface area contributed by atoms with Gasteiger partial charge in [-0.1, -0.05) is 42.5 Å². The number of carbonyl (C=O) groups excluding carboxylic acids is 2. The Morgan fingerprint density at radius 2 is 1.84 bits per heavy atom. The van der Waals surface area contributed by atoms with Crippen molar-refractivity contribution in [2.75, 3.05) is 13.7 Å². The largest absolute Gasteiger partial charge is 0.497 e. The highest BCUT2D eigenvalue weighted by atomic mass is 16.6. The highest BCUT2D eigenvalue weighted by molar-refractivity contribution is 5.85. The standard InChI is InChI=1S/C25H30N2O5/c1-17(28)22-23-21(27(24(22)29)15-18-10-12-20(31-2)13-11-18)9-6-14-26(23)25(30)32-16-19-7-4-3-5-8-19/h3-5,7-8,10-13,17,21-23,28H,6,9,14-16H2,1-2H3/t17-,21+,22-,23-/m1/s1. The Morgan fingerprint density at radius 1 is 1.12 bits per heavy atom. The van der Waals surface area contributed by atoms with Crippen molar-refractivity contribution in [3.63, 3.8) is 0 Å². The Labute approximate surface area is 188 Å². The van der Waals surface area contributed by atoms with Gasteiger partial charge in [-0.3, -0.25) is 4.79 Å². The maximum Gasteiger partial charge on any atom is 0.410 e. The molecule has 0 aromatic heterocycles. The fourth-order valence-corrected chi connectivity index (χ4v) is 4.90. The Bertz CT molecular complexity index is 931. The lowest BCUT2D eigenvalue weighted by atomic mass is 9.87. The van der Waals surface area contributed by atoms with E-state index < -0.39 is 24.2 Å². The number of aliphatic hydroxyl groups excluding tert-OH is 1. The van der Waals surface area contributed by atoms with Gasteiger partial charge in [0.25, 0.3) is 0 Å². The van der Waals surface area contributed by atoms with Crippen LogP contribution in [0.1, 0.15) is 30.9 Å². The van der Waals surface area contributed by atoms with Crippen LogP contribution in [0.5, 0.6) is 5.75 Å². The van der Waals surface area contributed by atoms with Gasteiger partial charge in [0.15, 0.2) is 0 Å². The molecular formula is C25H30N2O5. The lowest BCUT2D eigenvalue weighted by molar-refractivity contribution is -0.135. The summed E-state index contributed by atoms with van der Waals surface area (Å²) in [5, 5.41) is 10.5. The van der Waals surface area contributed by atoms with Gasteiger partial charge >= 0.3 is 6.09 Å². The molecule has 2 fully saturated rings. The zero-order chi connectivity index (χ0) is 22.7. The monoisotopic (exact) mass is 438 g/mol. The van der Waals surface area contributed by atoms with E-state index in [0.717, 1.165) is 29.7 Å². The van der Waals surface area contributed by atoms with E-state index in [9.17, 15) is 14.7 Å². The molecule has 2 aromatic carbocycles. The van der Waals surface area contributed by atoms with Crippen molar-refractivity contribution in [2.45, 2.75) is 51.1 Å². The van der Waals surface area contributed by atoms with Crippen LogP contribution in [0.3, 0.4) is 0 Å². The van der Waals surface area contributed by atoms with Gasteiger partial charge in [-0.25, -0.2) is 4.79 Å². The van der Waals surface area contributed by atoms with Gasteiger partial charge in [-0.15, -0.1) is 0 Å². The summed E-state index contributed by atoms with van der Waals surface area (Å²) in [6.45, 7) is 2.75. The van der Waals surface area contributed by atoms with Gasteiger partial charge in [0.2, 0.25) is 5.91 Å². The average molecular weight is 439 g/mol. The molecule has 0 spiro atoms. The first-order valence-corrected chi connectivity index (χ1v) is 11.1. The number of hydrogen-bond donors (Lipinski definition) is 1. The lowest BCUT2D eigenvalue weighted by Crippen LogP contribution is -2.55. The molecule has 2 aliphatic rings. The molecule has 2 aliphatic heterocycles. The number of piperidine rings is 1. The van der Waals surface area contributed by atoms with Gasteiger partial charge in [-0.05, 0) is 43.0 Å². The Hall–Kier alpha value is -3.06. The van der Waals surface area contributed by atoms with E-state index in [-0.39, 0.29) is 18.6 Å². The zero-order valence-electron chi connectivity index (χ0n) is 18.5. The van der Waals surface area contributed by atoms with Crippen LogP contribution < -0.4 is 4.74 Å². The summed E-state index contributed by atoms with van der Waals surface area (Å²) < 4.78 is 10.8. The van der Waals surface area contributed by atoms with Crippen molar-refractivity contribution in [3.05, 3.63) is 65.7 Å². The predicted molar refractivity (Wildman–Crippen MR) is 119 cm³/mol. The molecule has 170 valence electrons. The molecule has 0 aliphatic carbocycles. The van der Waals surface area contributed by atoms with Gasteiger partial charge in [0.05, 0.1) is 31.2 Å². The minimum atomic E-state index is -0.863. The third-order valence-electron chi connectivity index (χ3n) is 6.46. The van der Waals surface area contributed by atoms with Crippen LogP contribution in [0.2, 0.25) is 0 Å². The number of hydrogen-bond acceptors (Lipinski definition) is 5. The second-order valence-corrected chi connectivity index (χ2v) is 8.51. The van der Waals surface area contributed by atoms with E-state index in [0.29, 0.717) is 13.1 Å². The maximum atomic E-state index is 13.4. The van der Waals surface area contributed by atoms with Crippen molar-refractivity contribution in [2.24, 2.45) is 5.92 Å². The molecule has 2 aromatic rings. The van der Waals surface area contributed by atoms with Crippen molar-refractivity contribution in [1.29, 1.82) is 0 Å². The first kappa shape index (κ1) is 22.1. The fraction of sp³-hybridized carbons (Fsp3) is 0.440. The van der Waals surface area contributed by atoms with E-state index in [1.54, 1.807) is 18.9 Å². The molecule has 1 N–H and O–H groups in total. The van der Waals surface area contributed by atoms with Gasteiger partial charge in [0, 0.05) is 13.1 Å². The van der Waals surface area contributed by atoms with Gasteiger partial charge < -0.3 is 24.4 Å². The number of aliphatic hydroxyl groups is 1. The van der Waals surface area contributed by atoms with Gasteiger partial charge in [-0.2, -0.15) is 0 Å². The van der Waals surface area contributed by atoms with Crippen LogP contribution in [-0.4, -0.2) is 58.7 Å². The molecule has 7 heteroatoms. The number of fused-ring (bicyclic) bond motifs is 1. The second-order valence-electron chi connectivity index (χ2n) is 8.51. The molecule has 2 saturated heterocycles. The summed E-state index contributed by atoms with van der Waals surface area (Å²) in [5.41, 5.74) is 1.89. The van der Waals surface area contributed by atoms with E-state index in [4.69, 9.17) is 9.47 Å².